The number of carbonyl (C=O) groups excluding carboxylic acids is 5. The number of aldehydes is 2. The van der Waals surface area contributed by atoms with Gasteiger partial charge >= 0.3 is 25.0 Å². The van der Waals surface area contributed by atoms with Crippen molar-refractivity contribution in [2.24, 2.45) is 0 Å². The van der Waals surface area contributed by atoms with Crippen molar-refractivity contribution in [2.45, 2.75) is 33.6 Å². The summed E-state index contributed by atoms with van der Waals surface area (Å²) in [6, 6.07) is 89.5. The third kappa shape index (κ3) is 24.8. The molecule has 0 aromatic heterocycles. The molecule has 8 N–H and O–H groups in total. The average Bonchev–Trinajstić information content (AvgIpc) is 0.766. The first kappa shape index (κ1) is 76.9. The summed E-state index contributed by atoms with van der Waals surface area (Å²) in [4.78, 5) is 56.5. The summed E-state index contributed by atoms with van der Waals surface area (Å²) in [5.74, 6) is 1.34. The van der Waals surface area contributed by atoms with Crippen molar-refractivity contribution in [3.05, 3.63) is 318 Å². The number of hydrogen-bond donors (Lipinski definition) is 6. The van der Waals surface area contributed by atoms with Crippen LogP contribution in [0.3, 0.4) is 0 Å². The molecule has 0 bridgehead atoms. The van der Waals surface area contributed by atoms with E-state index in [1.807, 2.05) is 202 Å². The second-order valence-corrected chi connectivity index (χ2v) is 25.5. The van der Waals surface area contributed by atoms with E-state index >= 15 is 0 Å². The molecule has 0 aliphatic rings. The van der Waals surface area contributed by atoms with E-state index in [4.69, 9.17) is 40.8 Å². The lowest BCUT2D eigenvalue weighted by Crippen LogP contribution is -2.29. The van der Waals surface area contributed by atoms with Gasteiger partial charge in [0.1, 0.15) is 11.5 Å². The van der Waals surface area contributed by atoms with Crippen LogP contribution in [0.15, 0.2) is 296 Å². The molecule has 0 fully saturated rings. The van der Waals surface area contributed by atoms with Crippen LogP contribution in [-0.2, 0) is 35.0 Å². The zero-order chi connectivity index (χ0) is 71.2. The summed E-state index contributed by atoms with van der Waals surface area (Å²) in [6.07, 6.45) is 5.74. The van der Waals surface area contributed by atoms with Gasteiger partial charge in [0.15, 0.2) is 12.6 Å². The molecule has 99 heavy (non-hydrogen) atoms. The number of halogens is 1. The van der Waals surface area contributed by atoms with E-state index in [0.29, 0.717) is 59.4 Å². The van der Waals surface area contributed by atoms with Crippen LogP contribution in [0.4, 0.5) is 11.4 Å². The van der Waals surface area contributed by atoms with Crippen LogP contribution in [0.5, 0.6) is 11.5 Å². The lowest BCUT2D eigenvalue weighted by molar-refractivity contribution is -0.143. The molecule has 0 saturated carbocycles. The van der Waals surface area contributed by atoms with Crippen LogP contribution < -0.4 is 32.8 Å². The Morgan fingerprint density at radius 1 is 0.455 bits per heavy atom. The minimum absolute atomic E-state index is 0. The molecule has 0 amide bonds. The average molecular weight is 1410 g/mol. The molecule has 0 spiro atoms. The fourth-order valence-electron chi connectivity index (χ4n) is 9.85. The van der Waals surface area contributed by atoms with Gasteiger partial charge in [-0.1, -0.05) is 224 Å². The molecule has 0 aliphatic heterocycles. The third-order valence-electron chi connectivity index (χ3n) is 14.5. The van der Waals surface area contributed by atoms with Crippen molar-refractivity contribution in [3.8, 4) is 44.9 Å². The Kier molecular flexibility index (Phi) is 32.4. The molecule has 11 aromatic rings. The van der Waals surface area contributed by atoms with Gasteiger partial charge in [0.2, 0.25) is 0 Å². The maximum absolute atomic E-state index is 12.5. The number of benzene rings is 11. The molecule has 0 unspecified atom stereocenters. The van der Waals surface area contributed by atoms with Gasteiger partial charge in [0.25, 0.3) is 0 Å². The van der Waals surface area contributed by atoms with Crippen molar-refractivity contribution in [2.75, 3.05) is 31.3 Å². The van der Waals surface area contributed by atoms with Crippen molar-refractivity contribution in [1.29, 1.82) is 0 Å². The molecule has 17 heteroatoms. The Hall–Kier alpha value is -11.1. The van der Waals surface area contributed by atoms with Gasteiger partial charge in [-0.05, 0) is 183 Å². The molecule has 0 atom stereocenters. The normalized spacial score (nSPS) is 10.2. The standard InChI is InChI=1S/C22H21O2P.C17H19NO2.C17H17NO2.C13H10O2.C7H5BrO2.C6H7BO2.H2/c1-2-24-22(23)18-25(19-12-6-3-7-13-19,20-14-8-4-9-15-20)21-16-10-5-11-17-21;2*1-2-20-17(19)11-9-14-8-10-15(18)12-16(14)13-6-4-3-5-7-13;14-9-11-6-7-12(15)8-13(11)10-4-2-1-3-5-10;8-7-3-6(10)2-1-5(7)4-9;8-7(9)6-4-2-1-3-5-6;/h3-18H,2H2,1H3;3-8,10,12H,2,9,11,18H2,1H3;3-12H,2,18H2,1H3;1-9,15H;1-4,10H;1-5,8-9H;1H/b;;11-9+;;;;. The highest BCUT2D eigenvalue weighted by Crippen LogP contribution is 2.43. The number of esters is 3. The van der Waals surface area contributed by atoms with Gasteiger partial charge in [-0.15, -0.1) is 0 Å². The van der Waals surface area contributed by atoms with Crippen LogP contribution in [-0.4, -0.2) is 83.5 Å². The summed E-state index contributed by atoms with van der Waals surface area (Å²) in [5, 5.41) is 38.8. The summed E-state index contributed by atoms with van der Waals surface area (Å²) in [7, 11) is -1.34. The number of nitrogens with two attached hydrogens (primary N) is 2. The van der Waals surface area contributed by atoms with Crippen molar-refractivity contribution in [1.82, 2.24) is 0 Å². The molecule has 11 aromatic carbocycles. The maximum Gasteiger partial charge on any atom is 0.488 e. The van der Waals surface area contributed by atoms with Crippen LogP contribution in [0.2, 0.25) is 0 Å². The van der Waals surface area contributed by atoms with Gasteiger partial charge in [-0.3, -0.25) is 14.4 Å². The van der Waals surface area contributed by atoms with E-state index < -0.39 is 14.0 Å². The lowest BCUT2D eigenvalue weighted by atomic mass is 9.81. The second-order valence-electron chi connectivity index (χ2n) is 21.4. The van der Waals surface area contributed by atoms with Gasteiger partial charge in [-0.25, -0.2) is 9.59 Å². The van der Waals surface area contributed by atoms with Crippen LogP contribution in [0.1, 0.15) is 60.5 Å². The maximum atomic E-state index is 12.5. The van der Waals surface area contributed by atoms with Gasteiger partial charge < -0.3 is 45.9 Å². The quantitative estimate of drug-likeness (QED) is 0.00890. The van der Waals surface area contributed by atoms with Gasteiger partial charge in [0, 0.05) is 46.7 Å². The van der Waals surface area contributed by atoms with Crippen molar-refractivity contribution >= 4 is 105 Å². The number of hydrogen-bond acceptors (Lipinski definition) is 14. The monoisotopic (exact) mass is 1410 g/mol. The topological polar surface area (TPSA) is 246 Å². The summed E-state index contributed by atoms with van der Waals surface area (Å²) in [6.45, 7) is 4.36. The Morgan fingerprint density at radius 2 is 0.838 bits per heavy atom. The van der Waals surface area contributed by atoms with Crippen LogP contribution in [0.25, 0.3) is 39.5 Å². The zero-order valence-corrected chi connectivity index (χ0v) is 57.7. The molecule has 0 radical (unpaired) electrons. The lowest BCUT2D eigenvalue weighted by Gasteiger charge is -2.28. The predicted molar refractivity (Wildman–Crippen MR) is 410 cm³/mol. The number of anilines is 2. The van der Waals surface area contributed by atoms with E-state index in [-0.39, 0.29) is 30.8 Å². The van der Waals surface area contributed by atoms with E-state index in [1.165, 1.54) is 24.3 Å². The Balaban J connectivity index is 0.000000222. The van der Waals surface area contributed by atoms with Gasteiger partial charge in [-0.2, -0.15) is 0 Å². The second kappa shape index (κ2) is 41.8. The first-order chi connectivity index (χ1) is 48.0. The molecule has 0 heterocycles. The highest BCUT2D eigenvalue weighted by Gasteiger charge is 2.27. The number of ether oxygens (including phenoxy) is 3. The largest absolute Gasteiger partial charge is 0.508 e. The first-order valence-corrected chi connectivity index (χ1v) is 34.3. The minimum atomic E-state index is -2.24. The van der Waals surface area contributed by atoms with E-state index in [0.717, 1.165) is 78.7 Å². The number of carbonyl (C=O) groups is 5. The Labute approximate surface area is 589 Å². The summed E-state index contributed by atoms with van der Waals surface area (Å²) in [5.41, 5.74) is 22.8. The third-order valence-corrected chi connectivity index (χ3v) is 19.1. The smallest absolute Gasteiger partial charge is 0.488 e. The molecule has 11 rings (SSSR count). The minimum Gasteiger partial charge on any atom is -0.508 e. The number of phenols is 2. The highest BCUT2D eigenvalue weighted by atomic mass is 79.9. The molecule has 0 aliphatic carbocycles. The molecular formula is C82H81BBrN2O12P. The van der Waals surface area contributed by atoms with E-state index in [9.17, 15) is 29.1 Å². The molecule has 506 valence electrons. The zero-order valence-electron chi connectivity index (χ0n) is 55.2. The Morgan fingerprint density at radius 3 is 1.27 bits per heavy atom. The SMILES string of the molecule is CCOC(=O)/C=C/c1ccc(N)cc1-c1ccccc1.CCOC(=O)C=P(c1ccccc1)(c1ccccc1)c1ccccc1.CCOC(=O)CCc1ccc(N)cc1-c1ccccc1.O=Cc1ccc(O)cc1-c1ccccc1.O=Cc1ccc(O)cc1Br.OB(O)c1ccccc1.[HH]. The number of aryl methyl sites for hydroxylation is 1. The number of rotatable bonds is 18. The van der Waals surface area contributed by atoms with Crippen molar-refractivity contribution < 1.29 is 59.9 Å². The number of aromatic hydroxyl groups is 2. The summed E-state index contributed by atoms with van der Waals surface area (Å²) < 4.78 is 15.8. The van der Waals surface area contributed by atoms with E-state index in [2.05, 4.69) is 52.3 Å². The number of nitrogen functional groups attached to an aromatic ring is 2. The predicted octanol–water partition coefficient (Wildman–Crippen LogP) is 14.7. The fourth-order valence-corrected chi connectivity index (χ4v) is 14.0. The molecule has 0 saturated heterocycles. The van der Waals surface area contributed by atoms with Crippen molar-refractivity contribution in [3.63, 3.8) is 0 Å². The fraction of sp³-hybridized carbons (Fsp3) is 0.0976. The van der Waals surface area contributed by atoms with Crippen LogP contribution in [0, 0.1) is 0 Å². The van der Waals surface area contributed by atoms with Gasteiger partial charge in [0.05, 0.1) is 19.8 Å². The number of phenolic OH excluding ortho intramolecular Hbond substituents is 2. The van der Waals surface area contributed by atoms with E-state index in [1.54, 1.807) is 61.3 Å². The highest BCUT2D eigenvalue weighted by molar-refractivity contribution is 9.10. The first-order valence-electron chi connectivity index (χ1n) is 31.7. The van der Waals surface area contributed by atoms with Crippen LogP contribution >= 0.6 is 22.8 Å². The summed E-state index contributed by atoms with van der Waals surface area (Å²) >= 11 is 3.12. The Bertz CT molecular complexity index is 4290. The molecule has 14 nitrogen and oxygen atoms in total. The molecular weight excluding hydrogens is 1330 g/mol.